The second kappa shape index (κ2) is 5.69. The average molecular weight is 295 g/mol. The van der Waals surface area contributed by atoms with Crippen molar-refractivity contribution in [2.75, 3.05) is 29.5 Å². The van der Waals surface area contributed by atoms with Crippen LogP contribution in [0.2, 0.25) is 0 Å². The van der Waals surface area contributed by atoms with Crippen molar-refractivity contribution in [2.45, 2.75) is 31.8 Å². The predicted molar refractivity (Wildman–Crippen MR) is 79.6 cm³/mol. The number of aromatic nitrogens is 1. The Kier molecular flexibility index (Phi) is 3.94. The Bertz CT molecular complexity index is 570. The van der Waals surface area contributed by atoms with Crippen LogP contribution in [0.1, 0.15) is 24.8 Å². The molecular weight excluding hydrogens is 274 g/mol. The summed E-state index contributed by atoms with van der Waals surface area (Å²) < 4.78 is 23.4. The second-order valence-electron chi connectivity index (χ2n) is 5.65. The monoisotopic (exact) mass is 295 g/mol. The van der Waals surface area contributed by atoms with E-state index in [1.807, 2.05) is 12.3 Å². The third-order valence-corrected chi connectivity index (χ3v) is 5.65. The van der Waals surface area contributed by atoms with Crippen LogP contribution in [0.15, 0.2) is 18.5 Å². The highest BCUT2D eigenvalue weighted by atomic mass is 32.2. The molecule has 1 aliphatic carbocycles. The Balaban J connectivity index is 1.74. The lowest BCUT2D eigenvalue weighted by molar-refractivity contribution is 0.597. The summed E-state index contributed by atoms with van der Waals surface area (Å²) in [4.78, 5) is 6.40. The first-order valence-electron chi connectivity index (χ1n) is 7.26. The lowest BCUT2D eigenvalue weighted by atomic mass is 10.2. The summed E-state index contributed by atoms with van der Waals surface area (Å²) in [6.45, 7) is 2.21. The Morgan fingerprint density at radius 1 is 1.30 bits per heavy atom. The van der Waals surface area contributed by atoms with Crippen molar-refractivity contribution in [2.24, 2.45) is 0 Å². The van der Waals surface area contributed by atoms with E-state index >= 15 is 0 Å². The molecule has 0 radical (unpaired) electrons. The van der Waals surface area contributed by atoms with Gasteiger partial charge in [-0.3, -0.25) is 4.98 Å². The van der Waals surface area contributed by atoms with Crippen LogP contribution < -0.4 is 10.2 Å². The maximum Gasteiger partial charge on any atom is 0.152 e. The topological polar surface area (TPSA) is 62.3 Å². The van der Waals surface area contributed by atoms with Gasteiger partial charge in [0.15, 0.2) is 9.84 Å². The molecule has 5 nitrogen and oxygen atoms in total. The van der Waals surface area contributed by atoms with Gasteiger partial charge in [0.25, 0.3) is 0 Å². The van der Waals surface area contributed by atoms with Gasteiger partial charge in [-0.25, -0.2) is 8.42 Å². The minimum Gasteiger partial charge on any atom is -0.370 e. The van der Waals surface area contributed by atoms with E-state index in [4.69, 9.17) is 0 Å². The highest BCUT2D eigenvalue weighted by molar-refractivity contribution is 7.91. The van der Waals surface area contributed by atoms with Gasteiger partial charge in [-0.1, -0.05) is 0 Å². The first-order chi connectivity index (χ1) is 9.64. The summed E-state index contributed by atoms with van der Waals surface area (Å²) in [5.41, 5.74) is 2.30. The van der Waals surface area contributed by atoms with E-state index in [2.05, 4.69) is 15.2 Å². The molecule has 1 aromatic heterocycles. The van der Waals surface area contributed by atoms with Gasteiger partial charge in [-0.15, -0.1) is 0 Å². The molecule has 0 bridgehead atoms. The van der Waals surface area contributed by atoms with E-state index in [0.717, 1.165) is 18.8 Å². The van der Waals surface area contributed by atoms with Gasteiger partial charge in [0, 0.05) is 49.3 Å². The van der Waals surface area contributed by atoms with Gasteiger partial charge in [0.2, 0.25) is 0 Å². The van der Waals surface area contributed by atoms with E-state index in [1.54, 1.807) is 6.20 Å². The second-order valence-corrected chi connectivity index (χ2v) is 7.96. The van der Waals surface area contributed by atoms with E-state index in [-0.39, 0.29) is 5.75 Å². The minimum absolute atomic E-state index is 0.255. The van der Waals surface area contributed by atoms with Crippen LogP contribution >= 0.6 is 0 Å². The molecule has 0 aromatic carbocycles. The molecule has 1 aliphatic heterocycles. The molecule has 110 valence electrons. The number of hydrogen-bond acceptors (Lipinski definition) is 5. The summed E-state index contributed by atoms with van der Waals surface area (Å²) in [6.07, 6.45) is 6.91. The Morgan fingerprint density at radius 2 is 2.15 bits per heavy atom. The fourth-order valence-corrected chi connectivity index (χ4v) is 3.86. The van der Waals surface area contributed by atoms with Crippen LogP contribution in [0.25, 0.3) is 0 Å². The zero-order valence-electron chi connectivity index (χ0n) is 11.6. The normalized spacial score (nSPS) is 22.5. The molecular formula is C14H21N3O2S. The highest BCUT2D eigenvalue weighted by Gasteiger charge is 2.23. The molecule has 3 rings (SSSR count). The number of nitrogens with zero attached hydrogens (tertiary/aromatic N) is 2. The maximum atomic E-state index is 11.7. The SMILES string of the molecule is O=S1(=O)CCCN(c2ccncc2CNC2CC2)CC1. The summed E-state index contributed by atoms with van der Waals surface area (Å²) >= 11 is 0. The molecule has 1 aromatic rings. The van der Waals surface area contributed by atoms with E-state index in [1.165, 1.54) is 18.4 Å². The standard InChI is InChI=1S/C14H21N3O2S/c18-20(19)8-1-6-17(7-9-20)14-4-5-15-10-12(14)11-16-13-2-3-13/h4-5,10,13,16H,1-3,6-9,11H2. The first kappa shape index (κ1) is 13.8. The Hall–Kier alpha value is -1.14. The lowest BCUT2D eigenvalue weighted by Crippen LogP contribution is -2.28. The molecule has 0 spiro atoms. The van der Waals surface area contributed by atoms with Gasteiger partial charge < -0.3 is 10.2 Å². The van der Waals surface area contributed by atoms with Crippen LogP contribution in [0.5, 0.6) is 0 Å². The molecule has 0 atom stereocenters. The minimum atomic E-state index is -2.86. The van der Waals surface area contributed by atoms with Crippen molar-refractivity contribution in [1.82, 2.24) is 10.3 Å². The third kappa shape index (κ3) is 3.49. The third-order valence-electron chi connectivity index (χ3n) is 3.93. The molecule has 1 N–H and O–H groups in total. The van der Waals surface area contributed by atoms with Crippen molar-refractivity contribution >= 4 is 15.5 Å². The molecule has 0 unspecified atom stereocenters. The average Bonchev–Trinajstić information content (AvgIpc) is 3.25. The zero-order chi connectivity index (χ0) is 14.0. The van der Waals surface area contributed by atoms with Crippen LogP contribution in [0, 0.1) is 0 Å². The van der Waals surface area contributed by atoms with Crippen molar-refractivity contribution in [3.8, 4) is 0 Å². The molecule has 0 amide bonds. The Labute approximate surface area is 120 Å². The maximum absolute atomic E-state index is 11.7. The summed E-state index contributed by atoms with van der Waals surface area (Å²) in [6, 6.07) is 2.66. The summed E-state index contributed by atoms with van der Waals surface area (Å²) in [5.74, 6) is 0.565. The molecule has 6 heteroatoms. The number of sulfone groups is 1. The Morgan fingerprint density at radius 3 is 2.95 bits per heavy atom. The summed E-state index contributed by atoms with van der Waals surface area (Å²) in [5, 5.41) is 3.50. The predicted octanol–water partition coefficient (Wildman–Crippen LogP) is 0.958. The van der Waals surface area contributed by atoms with E-state index in [9.17, 15) is 8.42 Å². The molecule has 2 heterocycles. The van der Waals surface area contributed by atoms with E-state index in [0.29, 0.717) is 24.8 Å². The van der Waals surface area contributed by atoms with Gasteiger partial charge in [0.1, 0.15) is 0 Å². The zero-order valence-corrected chi connectivity index (χ0v) is 12.4. The van der Waals surface area contributed by atoms with Crippen molar-refractivity contribution in [1.29, 1.82) is 0 Å². The van der Waals surface area contributed by atoms with Gasteiger partial charge in [-0.2, -0.15) is 0 Å². The van der Waals surface area contributed by atoms with Gasteiger partial charge in [-0.05, 0) is 25.3 Å². The van der Waals surface area contributed by atoms with Crippen LogP contribution in [-0.2, 0) is 16.4 Å². The molecule has 1 saturated heterocycles. The summed E-state index contributed by atoms with van der Waals surface area (Å²) in [7, 11) is -2.86. The fraction of sp³-hybridized carbons (Fsp3) is 0.643. The van der Waals surface area contributed by atoms with Crippen LogP contribution in [0.4, 0.5) is 5.69 Å². The largest absolute Gasteiger partial charge is 0.370 e. The van der Waals surface area contributed by atoms with E-state index < -0.39 is 9.84 Å². The smallest absolute Gasteiger partial charge is 0.152 e. The van der Waals surface area contributed by atoms with Crippen molar-refractivity contribution < 1.29 is 8.42 Å². The molecule has 2 aliphatic rings. The quantitative estimate of drug-likeness (QED) is 0.896. The lowest BCUT2D eigenvalue weighted by Gasteiger charge is -2.24. The van der Waals surface area contributed by atoms with Crippen molar-refractivity contribution in [3.63, 3.8) is 0 Å². The number of nitrogens with one attached hydrogen (secondary N) is 1. The van der Waals surface area contributed by atoms with Crippen LogP contribution in [-0.4, -0.2) is 44.0 Å². The number of anilines is 1. The number of hydrogen-bond donors (Lipinski definition) is 1. The molecule has 20 heavy (non-hydrogen) atoms. The highest BCUT2D eigenvalue weighted by Crippen LogP contribution is 2.24. The first-order valence-corrected chi connectivity index (χ1v) is 9.08. The van der Waals surface area contributed by atoms with Gasteiger partial charge >= 0.3 is 0 Å². The fourth-order valence-electron chi connectivity index (χ4n) is 2.59. The van der Waals surface area contributed by atoms with Crippen LogP contribution in [0.3, 0.4) is 0 Å². The molecule has 2 fully saturated rings. The van der Waals surface area contributed by atoms with Gasteiger partial charge in [0.05, 0.1) is 11.5 Å². The number of rotatable bonds is 4. The number of pyridine rings is 1. The molecule has 1 saturated carbocycles. The van der Waals surface area contributed by atoms with Crippen molar-refractivity contribution in [3.05, 3.63) is 24.0 Å².